The maximum atomic E-state index is 11.5. The van der Waals surface area contributed by atoms with Gasteiger partial charge in [0.1, 0.15) is 11.4 Å². The van der Waals surface area contributed by atoms with E-state index in [0.717, 1.165) is 15.2 Å². The fourth-order valence-corrected chi connectivity index (χ4v) is 2.89. The third-order valence-corrected chi connectivity index (χ3v) is 4.06. The average molecular weight is 333 g/mol. The third kappa shape index (κ3) is 2.00. The molecule has 0 aliphatic carbocycles. The van der Waals surface area contributed by atoms with E-state index in [0.29, 0.717) is 11.3 Å². The van der Waals surface area contributed by atoms with Crippen molar-refractivity contribution in [1.82, 2.24) is 0 Å². The van der Waals surface area contributed by atoms with Gasteiger partial charge in [-0.15, -0.1) is 0 Å². The standard InChI is InChI=1S/C16H13BrO3/c1-16(2)7-6-10-12(15(18)19)8-11-9(14(10)20-16)4-3-5-13(11)17/h3-8H,1-2H3,(H,18,19). The Balaban J connectivity index is 2.44. The number of carboxylic acid groups (broad SMARTS) is 1. The zero-order valence-electron chi connectivity index (χ0n) is 11.1. The zero-order valence-corrected chi connectivity index (χ0v) is 12.7. The largest absolute Gasteiger partial charge is 0.482 e. The smallest absolute Gasteiger partial charge is 0.336 e. The molecule has 0 fully saturated rings. The van der Waals surface area contributed by atoms with Crippen LogP contribution in [0.5, 0.6) is 5.75 Å². The molecule has 1 aliphatic rings. The number of hydrogen-bond acceptors (Lipinski definition) is 2. The van der Waals surface area contributed by atoms with Crippen molar-refractivity contribution in [1.29, 1.82) is 0 Å². The highest BCUT2D eigenvalue weighted by atomic mass is 79.9. The van der Waals surface area contributed by atoms with Crippen LogP contribution in [0.15, 0.2) is 34.8 Å². The van der Waals surface area contributed by atoms with Gasteiger partial charge in [-0.05, 0) is 32.1 Å². The summed E-state index contributed by atoms with van der Waals surface area (Å²) >= 11 is 3.47. The molecule has 0 unspecified atom stereocenters. The lowest BCUT2D eigenvalue weighted by molar-refractivity contribution is 0.0695. The van der Waals surface area contributed by atoms with E-state index in [4.69, 9.17) is 4.74 Å². The number of ether oxygens (including phenoxy) is 1. The Morgan fingerprint density at radius 1 is 1.30 bits per heavy atom. The minimum atomic E-state index is -0.952. The minimum absolute atomic E-state index is 0.256. The van der Waals surface area contributed by atoms with Gasteiger partial charge in [-0.1, -0.05) is 34.1 Å². The van der Waals surface area contributed by atoms with Gasteiger partial charge in [0.25, 0.3) is 0 Å². The highest BCUT2D eigenvalue weighted by Crippen LogP contribution is 2.41. The van der Waals surface area contributed by atoms with Crippen LogP contribution >= 0.6 is 15.9 Å². The molecule has 2 aromatic carbocycles. The number of fused-ring (bicyclic) bond motifs is 3. The number of carboxylic acids is 1. The molecular formula is C16H13BrO3. The lowest BCUT2D eigenvalue weighted by Crippen LogP contribution is -2.28. The molecule has 0 bridgehead atoms. The molecule has 3 nitrogen and oxygen atoms in total. The molecular weight excluding hydrogens is 320 g/mol. The van der Waals surface area contributed by atoms with Gasteiger partial charge in [-0.25, -0.2) is 4.79 Å². The van der Waals surface area contributed by atoms with Gasteiger partial charge in [0, 0.05) is 20.8 Å². The summed E-state index contributed by atoms with van der Waals surface area (Å²) in [6, 6.07) is 7.44. The summed E-state index contributed by atoms with van der Waals surface area (Å²) in [4.78, 5) is 11.5. The van der Waals surface area contributed by atoms with Crippen LogP contribution in [0.4, 0.5) is 0 Å². The number of hydrogen-bond donors (Lipinski definition) is 1. The van der Waals surface area contributed by atoms with E-state index in [9.17, 15) is 9.90 Å². The summed E-state index contributed by atoms with van der Waals surface area (Å²) in [5.74, 6) is -0.319. The van der Waals surface area contributed by atoms with Gasteiger partial charge in [0.05, 0.1) is 5.56 Å². The second-order valence-electron chi connectivity index (χ2n) is 5.35. The van der Waals surface area contributed by atoms with Crippen LogP contribution in [0.2, 0.25) is 0 Å². The van der Waals surface area contributed by atoms with Crippen molar-refractivity contribution >= 4 is 38.7 Å². The monoisotopic (exact) mass is 332 g/mol. The van der Waals surface area contributed by atoms with Gasteiger partial charge in [-0.3, -0.25) is 0 Å². The summed E-state index contributed by atoms with van der Waals surface area (Å²) in [6.45, 7) is 3.90. The van der Waals surface area contributed by atoms with Crippen molar-refractivity contribution in [2.75, 3.05) is 0 Å². The van der Waals surface area contributed by atoms with Gasteiger partial charge in [0.2, 0.25) is 0 Å². The van der Waals surface area contributed by atoms with E-state index < -0.39 is 11.6 Å². The van der Waals surface area contributed by atoms with Crippen LogP contribution < -0.4 is 4.74 Å². The van der Waals surface area contributed by atoms with E-state index in [1.165, 1.54) is 0 Å². The Kier molecular flexibility index (Phi) is 2.87. The van der Waals surface area contributed by atoms with E-state index in [1.54, 1.807) is 6.07 Å². The number of halogens is 1. The molecule has 4 heteroatoms. The molecule has 0 saturated heterocycles. The molecule has 0 saturated carbocycles. The summed E-state index contributed by atoms with van der Waals surface area (Å²) in [6.07, 6.45) is 3.72. The van der Waals surface area contributed by atoms with Crippen LogP contribution in [-0.2, 0) is 0 Å². The average Bonchev–Trinajstić information content (AvgIpc) is 2.37. The summed E-state index contributed by atoms with van der Waals surface area (Å²) in [7, 11) is 0. The zero-order chi connectivity index (χ0) is 14.5. The summed E-state index contributed by atoms with van der Waals surface area (Å²) in [5.41, 5.74) is 0.438. The molecule has 0 atom stereocenters. The Bertz CT molecular complexity index is 760. The SMILES string of the molecule is CC1(C)C=Cc2c(C(=O)O)cc3c(Br)cccc3c2O1. The Morgan fingerprint density at radius 2 is 2.05 bits per heavy atom. The van der Waals surface area contributed by atoms with Crippen molar-refractivity contribution < 1.29 is 14.6 Å². The predicted octanol–water partition coefficient (Wildman–Crippen LogP) is 4.48. The fraction of sp³-hybridized carbons (Fsp3) is 0.188. The predicted molar refractivity (Wildman–Crippen MR) is 82.3 cm³/mol. The first-order valence-electron chi connectivity index (χ1n) is 6.26. The van der Waals surface area contributed by atoms with E-state index in [-0.39, 0.29) is 5.56 Å². The third-order valence-electron chi connectivity index (χ3n) is 3.37. The van der Waals surface area contributed by atoms with Crippen molar-refractivity contribution in [3.63, 3.8) is 0 Å². The van der Waals surface area contributed by atoms with Crippen LogP contribution in [-0.4, -0.2) is 16.7 Å². The molecule has 0 spiro atoms. The summed E-state index contributed by atoms with van der Waals surface area (Å²) in [5, 5.41) is 11.2. The van der Waals surface area contributed by atoms with E-state index >= 15 is 0 Å². The highest BCUT2D eigenvalue weighted by molar-refractivity contribution is 9.10. The Morgan fingerprint density at radius 3 is 2.75 bits per heavy atom. The van der Waals surface area contributed by atoms with Crippen molar-refractivity contribution in [3.05, 3.63) is 45.9 Å². The Hall–Kier alpha value is -1.81. The molecule has 0 radical (unpaired) electrons. The molecule has 0 aromatic heterocycles. The van der Waals surface area contributed by atoms with Gasteiger partial charge in [-0.2, -0.15) is 0 Å². The van der Waals surface area contributed by atoms with Crippen LogP contribution in [0, 0.1) is 0 Å². The normalized spacial score (nSPS) is 15.8. The van der Waals surface area contributed by atoms with Gasteiger partial charge >= 0.3 is 5.97 Å². The van der Waals surface area contributed by atoms with Crippen LogP contribution in [0.1, 0.15) is 29.8 Å². The molecule has 1 heterocycles. The second kappa shape index (κ2) is 4.35. The number of carbonyl (C=O) groups is 1. The van der Waals surface area contributed by atoms with Crippen molar-refractivity contribution in [2.45, 2.75) is 19.4 Å². The number of benzene rings is 2. The van der Waals surface area contributed by atoms with Crippen LogP contribution in [0.3, 0.4) is 0 Å². The molecule has 3 rings (SSSR count). The van der Waals surface area contributed by atoms with Crippen molar-refractivity contribution in [2.24, 2.45) is 0 Å². The first-order chi connectivity index (χ1) is 9.39. The quantitative estimate of drug-likeness (QED) is 0.837. The molecule has 102 valence electrons. The topological polar surface area (TPSA) is 46.5 Å². The van der Waals surface area contributed by atoms with E-state index in [2.05, 4.69) is 15.9 Å². The summed E-state index contributed by atoms with van der Waals surface area (Å²) < 4.78 is 6.87. The lowest BCUT2D eigenvalue weighted by Gasteiger charge is -2.29. The lowest BCUT2D eigenvalue weighted by atomic mass is 9.94. The molecule has 1 aliphatic heterocycles. The Labute approximate surface area is 125 Å². The minimum Gasteiger partial charge on any atom is -0.482 e. The molecule has 2 aromatic rings. The highest BCUT2D eigenvalue weighted by Gasteiger charge is 2.27. The first kappa shape index (κ1) is 13.2. The van der Waals surface area contributed by atoms with E-state index in [1.807, 2.05) is 44.2 Å². The number of rotatable bonds is 1. The van der Waals surface area contributed by atoms with Crippen LogP contribution in [0.25, 0.3) is 16.8 Å². The maximum Gasteiger partial charge on any atom is 0.336 e. The maximum absolute atomic E-state index is 11.5. The number of aromatic carboxylic acids is 1. The fourth-order valence-electron chi connectivity index (χ4n) is 2.40. The van der Waals surface area contributed by atoms with Crippen molar-refractivity contribution in [3.8, 4) is 5.75 Å². The molecule has 20 heavy (non-hydrogen) atoms. The van der Waals surface area contributed by atoms with Gasteiger partial charge < -0.3 is 9.84 Å². The molecule has 1 N–H and O–H groups in total. The molecule has 0 amide bonds. The first-order valence-corrected chi connectivity index (χ1v) is 7.05. The second-order valence-corrected chi connectivity index (χ2v) is 6.20. The van der Waals surface area contributed by atoms with Gasteiger partial charge in [0.15, 0.2) is 0 Å².